The summed E-state index contributed by atoms with van der Waals surface area (Å²) in [6.07, 6.45) is 0. The van der Waals surface area contributed by atoms with Crippen LogP contribution in [0.4, 0.5) is 10.1 Å². The van der Waals surface area contributed by atoms with E-state index in [-0.39, 0.29) is 22.9 Å². The summed E-state index contributed by atoms with van der Waals surface area (Å²) in [5.41, 5.74) is 1.05. The molecule has 0 radical (unpaired) electrons. The van der Waals surface area contributed by atoms with Gasteiger partial charge in [0.05, 0.1) is 5.69 Å². The number of anilines is 1. The Hall–Kier alpha value is -3.06. The van der Waals surface area contributed by atoms with E-state index in [9.17, 15) is 19.4 Å². The number of para-hydroxylation sites is 1. The quantitative estimate of drug-likeness (QED) is 0.545. The van der Waals surface area contributed by atoms with Crippen molar-refractivity contribution in [3.63, 3.8) is 0 Å². The van der Waals surface area contributed by atoms with Crippen molar-refractivity contribution in [3.8, 4) is 11.5 Å². The van der Waals surface area contributed by atoms with Crippen LogP contribution in [0, 0.1) is 5.82 Å². The summed E-state index contributed by atoms with van der Waals surface area (Å²) in [5.74, 6) is -0.823. The fraction of sp³-hybridized carbons (Fsp3) is 0.250. The average Bonchev–Trinajstić information content (AvgIpc) is 2.64. The maximum atomic E-state index is 14.0. The van der Waals surface area contributed by atoms with E-state index in [4.69, 9.17) is 4.42 Å². The second-order valence-corrected chi connectivity index (χ2v) is 6.64. The van der Waals surface area contributed by atoms with Gasteiger partial charge in [-0.3, -0.25) is 4.90 Å². The first kappa shape index (κ1) is 17.4. The second kappa shape index (κ2) is 6.92. The smallest absolute Gasteiger partial charge is 0.336 e. The predicted molar refractivity (Wildman–Crippen MR) is 99.7 cm³/mol. The number of hydrogen-bond acceptors (Lipinski definition) is 6. The summed E-state index contributed by atoms with van der Waals surface area (Å²) >= 11 is 0. The third-order valence-corrected chi connectivity index (χ3v) is 4.88. The molecule has 6 nitrogen and oxygen atoms in total. The number of nitrogens with zero attached hydrogens (tertiary/aromatic N) is 2. The van der Waals surface area contributed by atoms with Crippen LogP contribution in [-0.4, -0.2) is 41.3 Å². The fourth-order valence-electron chi connectivity index (χ4n) is 3.48. The molecule has 0 unspecified atom stereocenters. The fourth-order valence-corrected chi connectivity index (χ4v) is 3.48. The summed E-state index contributed by atoms with van der Waals surface area (Å²) in [6.45, 7) is 3.26. The SMILES string of the molecule is O=c1cc(CN2CCN(c3ccccc3F)CC2)c2cc(O)c(O)cc2o1. The highest BCUT2D eigenvalue weighted by Gasteiger charge is 2.20. The van der Waals surface area contributed by atoms with Gasteiger partial charge in [-0.15, -0.1) is 0 Å². The summed E-state index contributed by atoms with van der Waals surface area (Å²) in [4.78, 5) is 16.0. The Labute approximate surface area is 154 Å². The van der Waals surface area contributed by atoms with E-state index in [0.29, 0.717) is 43.8 Å². The minimum absolute atomic E-state index is 0.229. The zero-order valence-electron chi connectivity index (χ0n) is 14.6. The normalized spacial score (nSPS) is 15.4. The number of aromatic hydroxyl groups is 2. The maximum absolute atomic E-state index is 14.0. The van der Waals surface area contributed by atoms with Crippen molar-refractivity contribution in [1.29, 1.82) is 0 Å². The van der Waals surface area contributed by atoms with Crippen LogP contribution in [0.2, 0.25) is 0 Å². The number of fused-ring (bicyclic) bond motifs is 1. The molecule has 3 aromatic rings. The summed E-state index contributed by atoms with van der Waals surface area (Å²) in [6, 6.07) is 10.8. The number of halogens is 1. The molecular weight excluding hydrogens is 351 g/mol. The van der Waals surface area contributed by atoms with Crippen molar-refractivity contribution in [2.75, 3.05) is 31.1 Å². The zero-order chi connectivity index (χ0) is 19.0. The van der Waals surface area contributed by atoms with Gasteiger partial charge in [0.15, 0.2) is 11.5 Å². The molecule has 0 atom stereocenters. The molecule has 7 heteroatoms. The standard InChI is InChI=1S/C20H19FN2O4/c21-15-3-1-2-4-16(15)23-7-5-22(6-8-23)12-13-9-20(26)27-19-11-18(25)17(24)10-14(13)19/h1-4,9-11,24-25H,5-8,12H2. The lowest BCUT2D eigenvalue weighted by atomic mass is 10.1. The van der Waals surface area contributed by atoms with Gasteiger partial charge in [0.2, 0.25) is 0 Å². The van der Waals surface area contributed by atoms with Crippen molar-refractivity contribution in [3.05, 3.63) is 64.3 Å². The van der Waals surface area contributed by atoms with Gasteiger partial charge in [0.1, 0.15) is 11.4 Å². The highest BCUT2D eigenvalue weighted by molar-refractivity contribution is 5.83. The lowest BCUT2D eigenvalue weighted by Crippen LogP contribution is -2.46. The number of hydrogen-bond donors (Lipinski definition) is 2. The van der Waals surface area contributed by atoms with Crippen LogP contribution in [0.1, 0.15) is 5.56 Å². The van der Waals surface area contributed by atoms with E-state index in [0.717, 1.165) is 5.56 Å². The molecule has 1 aliphatic rings. The summed E-state index contributed by atoms with van der Waals surface area (Å²) in [7, 11) is 0. The molecule has 0 amide bonds. The van der Waals surface area contributed by atoms with E-state index < -0.39 is 5.63 Å². The van der Waals surface area contributed by atoms with Crippen LogP contribution in [0.25, 0.3) is 11.0 Å². The molecule has 2 N–H and O–H groups in total. The topological polar surface area (TPSA) is 77.2 Å². The van der Waals surface area contributed by atoms with E-state index in [1.807, 2.05) is 11.0 Å². The van der Waals surface area contributed by atoms with Crippen molar-refractivity contribution in [2.45, 2.75) is 6.54 Å². The Bertz CT molecular complexity index is 1040. The molecule has 1 aromatic heterocycles. The highest BCUT2D eigenvalue weighted by atomic mass is 19.1. The van der Waals surface area contributed by atoms with Crippen LogP contribution in [0.3, 0.4) is 0 Å². The van der Waals surface area contributed by atoms with E-state index in [1.54, 1.807) is 12.1 Å². The van der Waals surface area contributed by atoms with Gasteiger partial charge in [-0.1, -0.05) is 12.1 Å². The Balaban J connectivity index is 1.53. The number of piperazine rings is 1. The molecule has 0 spiro atoms. The Morgan fingerprint density at radius 1 is 1.00 bits per heavy atom. The molecule has 0 aliphatic carbocycles. The van der Waals surface area contributed by atoms with Crippen LogP contribution in [0.15, 0.2) is 51.7 Å². The lowest BCUT2D eigenvalue weighted by Gasteiger charge is -2.36. The Morgan fingerprint density at radius 3 is 2.44 bits per heavy atom. The number of phenols is 2. The van der Waals surface area contributed by atoms with Gasteiger partial charge < -0.3 is 19.5 Å². The van der Waals surface area contributed by atoms with Crippen molar-refractivity contribution < 1.29 is 19.0 Å². The van der Waals surface area contributed by atoms with Crippen LogP contribution in [0.5, 0.6) is 11.5 Å². The molecule has 0 bridgehead atoms. The van der Waals surface area contributed by atoms with Crippen LogP contribution < -0.4 is 10.5 Å². The molecule has 1 aliphatic heterocycles. The minimum Gasteiger partial charge on any atom is -0.504 e. The average molecular weight is 370 g/mol. The zero-order valence-corrected chi connectivity index (χ0v) is 14.6. The maximum Gasteiger partial charge on any atom is 0.336 e. The lowest BCUT2D eigenvalue weighted by molar-refractivity contribution is 0.249. The van der Waals surface area contributed by atoms with Crippen molar-refractivity contribution in [1.82, 2.24) is 4.90 Å². The Kier molecular flexibility index (Phi) is 4.45. The monoisotopic (exact) mass is 370 g/mol. The first-order valence-corrected chi connectivity index (χ1v) is 8.72. The first-order valence-electron chi connectivity index (χ1n) is 8.72. The molecule has 2 heterocycles. The van der Waals surface area contributed by atoms with Gasteiger partial charge in [-0.25, -0.2) is 9.18 Å². The van der Waals surface area contributed by atoms with Gasteiger partial charge in [-0.05, 0) is 23.8 Å². The molecule has 27 heavy (non-hydrogen) atoms. The molecular formula is C20H19FN2O4. The molecule has 0 saturated carbocycles. The van der Waals surface area contributed by atoms with E-state index in [2.05, 4.69) is 4.90 Å². The minimum atomic E-state index is -0.507. The largest absolute Gasteiger partial charge is 0.504 e. The first-order chi connectivity index (χ1) is 13.0. The number of phenolic OH excluding ortho intramolecular Hbond substituents is 2. The van der Waals surface area contributed by atoms with E-state index in [1.165, 1.54) is 24.3 Å². The van der Waals surface area contributed by atoms with Gasteiger partial charge in [0.25, 0.3) is 0 Å². The highest BCUT2D eigenvalue weighted by Crippen LogP contribution is 2.31. The number of benzene rings is 2. The van der Waals surface area contributed by atoms with Gasteiger partial charge in [-0.2, -0.15) is 0 Å². The van der Waals surface area contributed by atoms with Crippen molar-refractivity contribution >= 4 is 16.7 Å². The molecule has 1 saturated heterocycles. The number of rotatable bonds is 3. The van der Waals surface area contributed by atoms with Crippen molar-refractivity contribution in [2.24, 2.45) is 0 Å². The molecule has 1 fully saturated rings. The van der Waals surface area contributed by atoms with Gasteiger partial charge >= 0.3 is 5.63 Å². The third-order valence-electron chi connectivity index (χ3n) is 4.88. The van der Waals surface area contributed by atoms with E-state index >= 15 is 0 Å². The summed E-state index contributed by atoms with van der Waals surface area (Å²) in [5, 5.41) is 20.0. The molecule has 140 valence electrons. The van der Waals surface area contributed by atoms with Gasteiger partial charge in [0, 0.05) is 50.2 Å². The predicted octanol–water partition coefficient (Wildman–Crippen LogP) is 2.67. The second-order valence-electron chi connectivity index (χ2n) is 6.64. The van der Waals surface area contributed by atoms with Crippen LogP contribution >= 0.6 is 0 Å². The summed E-state index contributed by atoms with van der Waals surface area (Å²) < 4.78 is 19.1. The molecule has 2 aromatic carbocycles. The third kappa shape index (κ3) is 3.46. The molecule has 4 rings (SSSR count). The Morgan fingerprint density at radius 2 is 1.70 bits per heavy atom. The van der Waals surface area contributed by atoms with Crippen LogP contribution in [-0.2, 0) is 6.54 Å².